The Morgan fingerprint density at radius 1 is 1.28 bits per heavy atom. The molecule has 0 radical (unpaired) electrons. The van der Waals surface area contributed by atoms with Gasteiger partial charge < -0.3 is 9.84 Å². The van der Waals surface area contributed by atoms with Crippen molar-refractivity contribution in [3.63, 3.8) is 0 Å². The normalized spacial score (nSPS) is 19.1. The van der Waals surface area contributed by atoms with Gasteiger partial charge in [0.1, 0.15) is 5.75 Å². The second-order valence-electron chi connectivity index (χ2n) is 6.19. The first-order valence-corrected chi connectivity index (χ1v) is 8.17. The number of aliphatic hydroxyl groups is 1. The quantitative estimate of drug-likeness (QED) is 0.617. The minimum absolute atomic E-state index is 0.0825. The molecule has 29 heavy (non-hydrogen) atoms. The van der Waals surface area contributed by atoms with Gasteiger partial charge in [0.05, 0.1) is 24.2 Å². The molecule has 0 spiro atoms. The fourth-order valence-electron chi connectivity index (χ4n) is 2.82. The maximum absolute atomic E-state index is 13.7. The van der Waals surface area contributed by atoms with E-state index in [2.05, 4.69) is 5.10 Å². The zero-order chi connectivity index (χ0) is 21.4. The molecule has 152 valence electrons. The van der Waals surface area contributed by atoms with Crippen molar-refractivity contribution in [3.05, 3.63) is 69.8 Å². The lowest BCUT2D eigenvalue weighted by Gasteiger charge is -2.32. The number of benzene rings is 2. The lowest BCUT2D eigenvalue weighted by molar-refractivity contribution is -0.384. The highest BCUT2D eigenvalue weighted by Gasteiger charge is 2.63. The van der Waals surface area contributed by atoms with Crippen LogP contribution in [-0.4, -0.2) is 45.7 Å². The number of ether oxygens (including phenoxy) is 1. The van der Waals surface area contributed by atoms with E-state index in [1.807, 2.05) is 0 Å². The number of halogens is 3. The molecule has 2 aromatic carbocycles. The van der Waals surface area contributed by atoms with Crippen LogP contribution < -0.4 is 4.74 Å². The van der Waals surface area contributed by atoms with Crippen LogP contribution in [0.25, 0.3) is 0 Å². The number of hydrogen-bond acceptors (Lipinski definition) is 6. The van der Waals surface area contributed by atoms with Gasteiger partial charge in [-0.3, -0.25) is 14.9 Å². The van der Waals surface area contributed by atoms with Crippen LogP contribution in [0.1, 0.15) is 22.3 Å². The number of amides is 1. The summed E-state index contributed by atoms with van der Waals surface area (Å²) in [5.41, 5.74) is -4.48. The second kappa shape index (κ2) is 7.17. The van der Waals surface area contributed by atoms with E-state index in [0.717, 1.165) is 24.3 Å². The molecule has 3 rings (SSSR count). The van der Waals surface area contributed by atoms with E-state index in [9.17, 15) is 33.2 Å². The highest BCUT2D eigenvalue weighted by Crippen LogP contribution is 2.42. The Balaban J connectivity index is 2.07. The molecule has 1 aliphatic heterocycles. The Morgan fingerprint density at radius 3 is 2.59 bits per heavy atom. The van der Waals surface area contributed by atoms with Crippen LogP contribution >= 0.6 is 0 Å². The van der Waals surface area contributed by atoms with E-state index in [0.29, 0.717) is 5.75 Å². The Hall–Kier alpha value is -3.47. The minimum atomic E-state index is -5.23. The van der Waals surface area contributed by atoms with Gasteiger partial charge in [-0.15, -0.1) is 0 Å². The summed E-state index contributed by atoms with van der Waals surface area (Å²) in [6, 6.07) is 10.1. The number of rotatable bonds is 4. The number of carbonyl (C=O) groups is 1. The van der Waals surface area contributed by atoms with Gasteiger partial charge in [0, 0.05) is 23.3 Å². The fraction of sp³-hybridized carbons (Fsp3) is 0.222. The molecule has 0 bridgehead atoms. The Morgan fingerprint density at radius 2 is 1.97 bits per heavy atom. The van der Waals surface area contributed by atoms with Gasteiger partial charge in [0.25, 0.3) is 17.3 Å². The van der Waals surface area contributed by atoms with Crippen molar-refractivity contribution in [2.75, 3.05) is 7.11 Å². The Kier molecular flexibility index (Phi) is 5.01. The van der Waals surface area contributed by atoms with Crippen molar-refractivity contribution in [1.82, 2.24) is 5.01 Å². The largest absolute Gasteiger partial charge is 0.497 e. The predicted molar refractivity (Wildman–Crippen MR) is 94.4 cm³/mol. The van der Waals surface area contributed by atoms with Gasteiger partial charge in [-0.2, -0.15) is 23.3 Å². The number of hydrazone groups is 1. The zero-order valence-electron chi connectivity index (χ0n) is 14.9. The van der Waals surface area contributed by atoms with E-state index < -0.39 is 40.4 Å². The molecule has 0 saturated heterocycles. The van der Waals surface area contributed by atoms with Crippen molar-refractivity contribution in [3.8, 4) is 5.75 Å². The lowest BCUT2D eigenvalue weighted by atomic mass is 10.0. The van der Waals surface area contributed by atoms with Crippen molar-refractivity contribution in [2.24, 2.45) is 5.10 Å². The van der Waals surface area contributed by atoms with Gasteiger partial charge >= 0.3 is 6.18 Å². The molecule has 1 aliphatic rings. The number of nitro groups is 1. The molecule has 1 N–H and O–H groups in total. The van der Waals surface area contributed by atoms with E-state index in [1.165, 1.54) is 25.3 Å². The third-order valence-corrected chi connectivity index (χ3v) is 4.34. The van der Waals surface area contributed by atoms with E-state index in [-0.39, 0.29) is 16.3 Å². The summed E-state index contributed by atoms with van der Waals surface area (Å²) in [6.07, 6.45) is -6.24. The number of non-ortho nitro benzene ring substituents is 1. The average molecular weight is 409 g/mol. The summed E-state index contributed by atoms with van der Waals surface area (Å²) in [4.78, 5) is 22.8. The Bertz CT molecular complexity index is 1010. The lowest BCUT2D eigenvalue weighted by Crippen LogP contribution is -2.56. The fourth-order valence-corrected chi connectivity index (χ4v) is 2.82. The van der Waals surface area contributed by atoms with Crippen LogP contribution in [0.2, 0.25) is 0 Å². The van der Waals surface area contributed by atoms with E-state index >= 15 is 0 Å². The molecule has 0 unspecified atom stereocenters. The average Bonchev–Trinajstić information content (AvgIpc) is 3.06. The molecule has 1 atom stereocenters. The number of methoxy groups -OCH3 is 1. The van der Waals surface area contributed by atoms with Gasteiger partial charge in [-0.1, -0.05) is 18.2 Å². The second-order valence-corrected chi connectivity index (χ2v) is 6.19. The SMILES string of the molecule is COc1cccc(C2=NN(C(=O)c3cccc([N+](=O)[O-])c3)[C@@](O)(C(F)(F)F)C2)c1. The number of hydrogen-bond donors (Lipinski definition) is 1. The van der Waals surface area contributed by atoms with Crippen molar-refractivity contribution in [2.45, 2.75) is 18.3 Å². The van der Waals surface area contributed by atoms with Crippen LogP contribution in [-0.2, 0) is 0 Å². The predicted octanol–water partition coefficient (Wildman–Crippen LogP) is 3.10. The summed E-state index contributed by atoms with van der Waals surface area (Å²) in [5.74, 6) is -0.976. The molecule has 2 aromatic rings. The maximum Gasteiger partial charge on any atom is 0.438 e. The van der Waals surface area contributed by atoms with Crippen molar-refractivity contribution >= 4 is 17.3 Å². The Labute approximate surface area is 162 Å². The highest BCUT2D eigenvalue weighted by atomic mass is 19.4. The molecule has 1 heterocycles. The zero-order valence-corrected chi connectivity index (χ0v) is 14.9. The first kappa shape index (κ1) is 20.3. The van der Waals surface area contributed by atoms with Crippen LogP contribution in [0.4, 0.5) is 18.9 Å². The first-order chi connectivity index (χ1) is 13.6. The van der Waals surface area contributed by atoms with Crippen LogP contribution in [0.3, 0.4) is 0 Å². The van der Waals surface area contributed by atoms with E-state index in [4.69, 9.17) is 4.74 Å². The van der Waals surface area contributed by atoms with Gasteiger partial charge in [0.2, 0.25) is 0 Å². The molecule has 0 fully saturated rings. The summed E-state index contributed by atoms with van der Waals surface area (Å²) >= 11 is 0. The molecule has 1 amide bonds. The van der Waals surface area contributed by atoms with Crippen molar-refractivity contribution < 1.29 is 32.7 Å². The molecule has 0 aromatic heterocycles. The third-order valence-electron chi connectivity index (χ3n) is 4.34. The summed E-state index contributed by atoms with van der Waals surface area (Å²) in [5, 5.41) is 24.9. The molecular weight excluding hydrogens is 395 g/mol. The molecule has 0 saturated carbocycles. The van der Waals surface area contributed by atoms with Crippen LogP contribution in [0, 0.1) is 10.1 Å². The first-order valence-electron chi connectivity index (χ1n) is 8.17. The minimum Gasteiger partial charge on any atom is -0.497 e. The van der Waals surface area contributed by atoms with Crippen LogP contribution in [0.15, 0.2) is 53.6 Å². The smallest absolute Gasteiger partial charge is 0.438 e. The number of nitrogens with zero attached hydrogens (tertiary/aromatic N) is 3. The molecule has 11 heteroatoms. The standard InChI is InChI=1S/C18H14F3N3O5/c1-29-14-7-3-4-11(9-14)15-10-17(26,18(19,20)21)23(22-15)16(25)12-5-2-6-13(8-12)24(27)28/h2-9,26H,10H2,1H3/t17-/m0/s1. The van der Waals surface area contributed by atoms with Crippen LogP contribution in [0.5, 0.6) is 5.75 Å². The van der Waals surface area contributed by atoms with Crippen molar-refractivity contribution in [1.29, 1.82) is 0 Å². The number of nitro benzene ring substituents is 1. The monoisotopic (exact) mass is 409 g/mol. The topological polar surface area (TPSA) is 105 Å². The summed E-state index contributed by atoms with van der Waals surface area (Å²) in [7, 11) is 1.37. The molecule has 0 aliphatic carbocycles. The maximum atomic E-state index is 13.7. The van der Waals surface area contributed by atoms with E-state index in [1.54, 1.807) is 6.07 Å². The number of alkyl halides is 3. The van der Waals surface area contributed by atoms with Gasteiger partial charge in [-0.25, -0.2) is 0 Å². The van der Waals surface area contributed by atoms with Gasteiger partial charge in [-0.05, 0) is 18.2 Å². The third kappa shape index (κ3) is 3.63. The molecule has 8 nitrogen and oxygen atoms in total. The number of carbonyl (C=O) groups excluding carboxylic acids is 1. The summed E-state index contributed by atoms with van der Waals surface area (Å²) < 4.78 is 46.0. The molecular formula is C18H14F3N3O5. The van der Waals surface area contributed by atoms with Gasteiger partial charge in [0.15, 0.2) is 0 Å². The summed E-state index contributed by atoms with van der Waals surface area (Å²) in [6.45, 7) is 0. The highest BCUT2D eigenvalue weighted by molar-refractivity contribution is 6.05.